The van der Waals surface area contributed by atoms with Crippen LogP contribution in [0, 0.1) is 5.41 Å². The van der Waals surface area contributed by atoms with Crippen molar-refractivity contribution in [1.82, 2.24) is 9.78 Å². The van der Waals surface area contributed by atoms with E-state index in [9.17, 15) is 0 Å². The van der Waals surface area contributed by atoms with E-state index in [1.807, 2.05) is 17.9 Å². The molecule has 0 unspecified atom stereocenters. The third-order valence-electron chi connectivity index (χ3n) is 4.67. The first kappa shape index (κ1) is 8.34. The van der Waals surface area contributed by atoms with Crippen molar-refractivity contribution in [2.75, 3.05) is 0 Å². The molecular weight excluding hydrogens is 188 g/mol. The largest absolute Gasteiger partial charge is 0.359 e. The lowest BCUT2D eigenvalue weighted by molar-refractivity contribution is 0.268. The molecule has 1 spiro atoms. The molecule has 2 atom stereocenters. The van der Waals surface area contributed by atoms with Gasteiger partial charge in [-0.25, -0.2) is 0 Å². The minimum atomic E-state index is 0.0547. The molecule has 0 N–H and O–H groups in total. The van der Waals surface area contributed by atoms with Crippen molar-refractivity contribution < 1.29 is 4.74 Å². The molecule has 2 aliphatic carbocycles. The van der Waals surface area contributed by atoms with Gasteiger partial charge in [-0.05, 0) is 43.6 Å². The van der Waals surface area contributed by atoms with Crippen LogP contribution < -0.4 is 0 Å². The highest BCUT2D eigenvalue weighted by Gasteiger charge is 2.66. The van der Waals surface area contributed by atoms with Gasteiger partial charge < -0.3 is 4.74 Å². The van der Waals surface area contributed by atoms with Gasteiger partial charge in [0.15, 0.2) is 0 Å². The molecule has 0 bridgehead atoms. The first-order valence-corrected chi connectivity index (χ1v) is 5.91. The fraction of sp³-hybridized carbons (Fsp3) is 0.750. The van der Waals surface area contributed by atoms with E-state index in [2.05, 4.69) is 11.2 Å². The Hall–Kier alpha value is -0.830. The van der Waals surface area contributed by atoms with Crippen LogP contribution in [0.4, 0.5) is 0 Å². The molecule has 2 saturated carbocycles. The minimum Gasteiger partial charge on any atom is -0.359 e. The molecule has 1 aromatic rings. The molecule has 1 saturated heterocycles. The summed E-state index contributed by atoms with van der Waals surface area (Å²) in [4.78, 5) is 0. The lowest BCUT2D eigenvalue weighted by Crippen LogP contribution is -2.25. The second-order valence-electron chi connectivity index (χ2n) is 5.54. The Morgan fingerprint density at radius 2 is 2.20 bits per heavy atom. The van der Waals surface area contributed by atoms with Gasteiger partial charge in [0.25, 0.3) is 0 Å². The van der Waals surface area contributed by atoms with E-state index in [4.69, 9.17) is 4.74 Å². The second-order valence-corrected chi connectivity index (χ2v) is 5.54. The van der Waals surface area contributed by atoms with Crippen molar-refractivity contribution in [1.29, 1.82) is 0 Å². The van der Waals surface area contributed by atoms with Crippen LogP contribution in [0.1, 0.15) is 37.8 Å². The van der Waals surface area contributed by atoms with Crippen LogP contribution in [0.5, 0.6) is 0 Å². The van der Waals surface area contributed by atoms with Gasteiger partial charge in [0, 0.05) is 13.2 Å². The Labute approximate surface area is 89.4 Å². The number of fused-ring (bicyclic) bond motifs is 1. The molecule has 0 radical (unpaired) electrons. The van der Waals surface area contributed by atoms with Crippen LogP contribution in [0.2, 0.25) is 0 Å². The number of hydrogen-bond acceptors (Lipinski definition) is 2. The Morgan fingerprint density at radius 1 is 1.40 bits per heavy atom. The Kier molecular flexibility index (Phi) is 1.27. The molecule has 80 valence electrons. The topological polar surface area (TPSA) is 30.4 Å². The molecule has 3 nitrogen and oxygen atoms in total. The average molecular weight is 204 g/mol. The number of nitrogens with zero attached hydrogens (tertiary/aromatic N) is 2. The number of aromatic nitrogens is 2. The first-order valence-electron chi connectivity index (χ1n) is 5.91. The van der Waals surface area contributed by atoms with Crippen molar-refractivity contribution >= 4 is 0 Å². The number of ether oxygens (including phenoxy) is 1. The van der Waals surface area contributed by atoms with Crippen LogP contribution in [-0.2, 0) is 17.4 Å². The third-order valence-corrected chi connectivity index (χ3v) is 4.67. The van der Waals surface area contributed by atoms with Gasteiger partial charge >= 0.3 is 0 Å². The third kappa shape index (κ3) is 0.969. The highest BCUT2D eigenvalue weighted by molar-refractivity contribution is 5.26. The second kappa shape index (κ2) is 2.29. The molecule has 2 heterocycles. The molecule has 15 heavy (non-hydrogen) atoms. The molecule has 3 heteroatoms. The summed E-state index contributed by atoms with van der Waals surface area (Å²) in [6.45, 7) is 0. The van der Waals surface area contributed by atoms with E-state index >= 15 is 0 Å². The predicted octanol–water partition coefficient (Wildman–Crippen LogP) is 1.98. The van der Waals surface area contributed by atoms with E-state index in [1.165, 1.54) is 37.8 Å². The van der Waals surface area contributed by atoms with E-state index in [1.54, 1.807) is 0 Å². The summed E-state index contributed by atoms with van der Waals surface area (Å²) >= 11 is 0. The van der Waals surface area contributed by atoms with Crippen LogP contribution in [0.25, 0.3) is 0 Å². The van der Waals surface area contributed by atoms with Crippen LogP contribution in [-0.4, -0.2) is 15.9 Å². The number of rotatable bonds is 1. The predicted molar refractivity (Wildman–Crippen MR) is 55.3 cm³/mol. The number of aryl methyl sites for hydroxylation is 1. The van der Waals surface area contributed by atoms with Crippen molar-refractivity contribution in [3.63, 3.8) is 0 Å². The fourth-order valence-electron chi connectivity index (χ4n) is 3.37. The lowest BCUT2D eigenvalue weighted by Gasteiger charge is -2.24. The van der Waals surface area contributed by atoms with E-state index in [0.29, 0.717) is 11.5 Å². The monoisotopic (exact) mass is 204 g/mol. The highest BCUT2D eigenvalue weighted by Crippen LogP contribution is 2.67. The van der Waals surface area contributed by atoms with Gasteiger partial charge in [-0.3, -0.25) is 4.68 Å². The van der Waals surface area contributed by atoms with Crippen molar-refractivity contribution in [3.8, 4) is 0 Å². The summed E-state index contributed by atoms with van der Waals surface area (Å²) in [5.41, 5.74) is 2.03. The fourth-order valence-corrected chi connectivity index (χ4v) is 3.37. The average Bonchev–Trinajstić information content (AvgIpc) is 3.10. The quantitative estimate of drug-likeness (QED) is 0.655. The SMILES string of the molecule is Cn1nccc1[C@@]12CCC3(CC3)C[C@H]1O2. The van der Waals surface area contributed by atoms with Crippen LogP contribution in [0.3, 0.4) is 0 Å². The van der Waals surface area contributed by atoms with Gasteiger partial charge in [0.05, 0.1) is 11.8 Å². The molecule has 0 aromatic carbocycles. The van der Waals surface area contributed by atoms with Crippen molar-refractivity contribution in [3.05, 3.63) is 18.0 Å². The normalized spacial score (nSPS) is 40.2. The van der Waals surface area contributed by atoms with Crippen LogP contribution >= 0.6 is 0 Å². The van der Waals surface area contributed by atoms with Gasteiger partial charge in [-0.2, -0.15) is 5.10 Å². The summed E-state index contributed by atoms with van der Waals surface area (Å²) in [5.74, 6) is 0. The molecule has 4 rings (SSSR count). The van der Waals surface area contributed by atoms with E-state index in [-0.39, 0.29) is 5.60 Å². The van der Waals surface area contributed by atoms with Gasteiger partial charge in [-0.1, -0.05) is 0 Å². The molecule has 1 aliphatic heterocycles. The maximum Gasteiger partial charge on any atom is 0.136 e. The van der Waals surface area contributed by atoms with Gasteiger partial charge in [0.1, 0.15) is 5.60 Å². The Bertz CT molecular complexity index is 421. The zero-order valence-electron chi connectivity index (χ0n) is 9.07. The number of epoxide rings is 1. The van der Waals surface area contributed by atoms with Crippen LogP contribution in [0.15, 0.2) is 12.3 Å². The highest BCUT2D eigenvalue weighted by atomic mass is 16.6. The van der Waals surface area contributed by atoms with E-state index in [0.717, 1.165) is 0 Å². The lowest BCUT2D eigenvalue weighted by atomic mass is 9.78. The smallest absolute Gasteiger partial charge is 0.136 e. The van der Waals surface area contributed by atoms with E-state index < -0.39 is 0 Å². The maximum absolute atomic E-state index is 6.01. The maximum atomic E-state index is 6.01. The summed E-state index contributed by atoms with van der Waals surface area (Å²) in [7, 11) is 2.02. The number of hydrogen-bond donors (Lipinski definition) is 0. The Balaban J connectivity index is 1.67. The van der Waals surface area contributed by atoms with Crippen molar-refractivity contribution in [2.24, 2.45) is 12.5 Å². The molecule has 3 fully saturated rings. The Morgan fingerprint density at radius 3 is 2.80 bits per heavy atom. The summed E-state index contributed by atoms with van der Waals surface area (Å²) in [6.07, 6.45) is 9.10. The zero-order valence-corrected chi connectivity index (χ0v) is 9.07. The standard InChI is InChI=1S/C12H16N2O/c1-14-9(2-7-13-14)12-6-5-11(3-4-11)8-10(12)15-12/h2,7,10H,3-6,8H2,1H3/t10-,12+/m1/s1. The molecule has 3 aliphatic rings. The van der Waals surface area contributed by atoms with Crippen molar-refractivity contribution in [2.45, 2.75) is 43.8 Å². The molecule has 0 amide bonds. The summed E-state index contributed by atoms with van der Waals surface area (Å²) in [6, 6.07) is 2.12. The first-order chi connectivity index (χ1) is 7.24. The minimum absolute atomic E-state index is 0.0547. The molecule has 1 aromatic heterocycles. The van der Waals surface area contributed by atoms with Gasteiger partial charge in [0.2, 0.25) is 0 Å². The summed E-state index contributed by atoms with van der Waals surface area (Å²) in [5, 5.41) is 4.25. The molecular formula is C12H16N2O. The summed E-state index contributed by atoms with van der Waals surface area (Å²) < 4.78 is 7.98. The zero-order chi connectivity index (χ0) is 10.1. The van der Waals surface area contributed by atoms with Gasteiger partial charge in [-0.15, -0.1) is 0 Å².